The minimum absolute atomic E-state index is 0.154. The Morgan fingerprint density at radius 1 is 1.07 bits per heavy atom. The Morgan fingerprint density at radius 3 is 2.48 bits per heavy atom. The molecule has 1 saturated heterocycles. The fourth-order valence-electron chi connectivity index (χ4n) is 2.91. The van der Waals surface area contributed by atoms with Gasteiger partial charge in [-0.3, -0.25) is 0 Å². The zero-order valence-electron chi connectivity index (χ0n) is 15.1. The highest BCUT2D eigenvalue weighted by molar-refractivity contribution is 5.56. The number of anilines is 3. The molecule has 3 rings (SSSR count). The highest BCUT2D eigenvalue weighted by Crippen LogP contribution is 2.31. The molecule has 0 bridgehead atoms. The quantitative estimate of drug-likeness (QED) is 0.828. The van der Waals surface area contributed by atoms with Crippen molar-refractivity contribution in [2.45, 2.75) is 38.8 Å². The first kappa shape index (κ1) is 19.2. The van der Waals surface area contributed by atoms with Gasteiger partial charge in [-0.05, 0) is 38.0 Å². The van der Waals surface area contributed by atoms with Crippen LogP contribution in [0.3, 0.4) is 0 Å². The van der Waals surface area contributed by atoms with Crippen LogP contribution in [-0.4, -0.2) is 34.6 Å². The van der Waals surface area contributed by atoms with Crippen molar-refractivity contribution in [3.63, 3.8) is 0 Å². The molecular formula is C18H22F3N5O. The van der Waals surface area contributed by atoms with Gasteiger partial charge in [0.1, 0.15) is 0 Å². The van der Waals surface area contributed by atoms with Gasteiger partial charge in [0.15, 0.2) is 0 Å². The number of rotatable bonds is 5. The molecule has 0 unspecified atom stereocenters. The Hall–Kier alpha value is -2.58. The van der Waals surface area contributed by atoms with Crippen LogP contribution in [0.4, 0.5) is 30.8 Å². The highest BCUT2D eigenvalue weighted by Gasteiger charge is 2.30. The molecule has 1 aromatic heterocycles. The summed E-state index contributed by atoms with van der Waals surface area (Å²) in [4.78, 5) is 15.0. The van der Waals surface area contributed by atoms with E-state index in [0.717, 1.165) is 50.9 Å². The van der Waals surface area contributed by atoms with E-state index in [1.54, 1.807) is 0 Å². The average molecular weight is 381 g/mol. The third kappa shape index (κ3) is 5.21. The van der Waals surface area contributed by atoms with Crippen molar-refractivity contribution in [1.29, 1.82) is 0 Å². The first-order valence-corrected chi connectivity index (χ1v) is 9.04. The van der Waals surface area contributed by atoms with Crippen LogP contribution in [0.25, 0.3) is 0 Å². The van der Waals surface area contributed by atoms with E-state index in [-0.39, 0.29) is 17.6 Å². The fraction of sp³-hybridized carbons (Fsp3) is 0.500. The molecule has 0 atom stereocenters. The van der Waals surface area contributed by atoms with E-state index in [2.05, 4.69) is 25.2 Å². The van der Waals surface area contributed by atoms with Gasteiger partial charge < -0.3 is 15.0 Å². The smallest absolute Gasteiger partial charge is 0.416 e. The van der Waals surface area contributed by atoms with E-state index in [9.17, 15) is 13.2 Å². The molecule has 27 heavy (non-hydrogen) atoms. The van der Waals surface area contributed by atoms with E-state index >= 15 is 0 Å². The summed E-state index contributed by atoms with van der Waals surface area (Å²) in [6, 6.07) is 5.07. The van der Waals surface area contributed by atoms with E-state index < -0.39 is 11.7 Å². The molecule has 1 aromatic carbocycles. The summed E-state index contributed by atoms with van der Waals surface area (Å²) in [5.41, 5.74) is -0.486. The molecule has 146 valence electrons. The van der Waals surface area contributed by atoms with Crippen LogP contribution in [-0.2, 0) is 6.18 Å². The first-order chi connectivity index (χ1) is 13.0. The Labute approximate surface area is 155 Å². The molecule has 2 aromatic rings. The minimum atomic E-state index is -4.41. The molecule has 1 aliphatic rings. The van der Waals surface area contributed by atoms with Crippen molar-refractivity contribution >= 4 is 17.6 Å². The van der Waals surface area contributed by atoms with Crippen molar-refractivity contribution in [2.75, 3.05) is 29.9 Å². The molecule has 0 saturated carbocycles. The summed E-state index contributed by atoms with van der Waals surface area (Å²) in [5, 5.41) is 2.84. The Bertz CT molecular complexity index is 761. The van der Waals surface area contributed by atoms with Gasteiger partial charge >= 0.3 is 12.2 Å². The van der Waals surface area contributed by atoms with Gasteiger partial charge in [-0.25, -0.2) is 0 Å². The maximum absolute atomic E-state index is 12.9. The van der Waals surface area contributed by atoms with Gasteiger partial charge in [0.05, 0.1) is 12.2 Å². The monoisotopic (exact) mass is 381 g/mol. The van der Waals surface area contributed by atoms with Crippen LogP contribution in [0.5, 0.6) is 6.01 Å². The summed E-state index contributed by atoms with van der Waals surface area (Å²) >= 11 is 0. The lowest BCUT2D eigenvalue weighted by molar-refractivity contribution is -0.137. The van der Waals surface area contributed by atoms with Crippen LogP contribution in [0, 0.1) is 0 Å². The maximum atomic E-state index is 12.9. The van der Waals surface area contributed by atoms with E-state index in [0.29, 0.717) is 12.6 Å². The van der Waals surface area contributed by atoms with Gasteiger partial charge in [-0.15, -0.1) is 0 Å². The second kappa shape index (κ2) is 8.41. The van der Waals surface area contributed by atoms with Crippen molar-refractivity contribution in [2.24, 2.45) is 0 Å². The molecule has 0 amide bonds. The third-order valence-corrected chi connectivity index (χ3v) is 4.21. The lowest BCUT2D eigenvalue weighted by Crippen LogP contribution is -2.26. The van der Waals surface area contributed by atoms with Crippen LogP contribution in [0.2, 0.25) is 0 Å². The normalized spacial score (nSPS) is 15.3. The lowest BCUT2D eigenvalue weighted by atomic mass is 10.2. The molecule has 0 spiro atoms. The number of hydrogen-bond acceptors (Lipinski definition) is 6. The van der Waals surface area contributed by atoms with Gasteiger partial charge in [-0.2, -0.15) is 28.1 Å². The number of nitrogens with one attached hydrogen (secondary N) is 1. The summed E-state index contributed by atoms with van der Waals surface area (Å²) in [7, 11) is 0. The molecule has 9 heteroatoms. The second-order valence-electron chi connectivity index (χ2n) is 6.28. The minimum Gasteiger partial charge on any atom is -0.464 e. The predicted octanol–water partition coefficient (Wildman–Crippen LogP) is 4.41. The van der Waals surface area contributed by atoms with Gasteiger partial charge in [-0.1, -0.05) is 18.9 Å². The lowest BCUT2D eigenvalue weighted by Gasteiger charge is -2.21. The van der Waals surface area contributed by atoms with Gasteiger partial charge in [0.2, 0.25) is 11.9 Å². The number of nitrogens with zero attached hydrogens (tertiary/aromatic N) is 4. The topological polar surface area (TPSA) is 63.2 Å². The van der Waals surface area contributed by atoms with Crippen LogP contribution in [0.15, 0.2) is 24.3 Å². The van der Waals surface area contributed by atoms with Crippen molar-refractivity contribution < 1.29 is 17.9 Å². The van der Waals surface area contributed by atoms with Crippen LogP contribution < -0.4 is 15.0 Å². The zero-order chi connectivity index (χ0) is 19.3. The van der Waals surface area contributed by atoms with Crippen LogP contribution in [0.1, 0.15) is 38.2 Å². The average Bonchev–Trinajstić information content (AvgIpc) is 2.91. The summed E-state index contributed by atoms with van der Waals surface area (Å²) in [5.74, 6) is 0.636. The third-order valence-electron chi connectivity index (χ3n) is 4.21. The molecule has 1 fully saturated rings. The maximum Gasteiger partial charge on any atom is 0.416 e. The zero-order valence-corrected chi connectivity index (χ0v) is 15.1. The fourth-order valence-corrected chi connectivity index (χ4v) is 2.91. The number of benzene rings is 1. The van der Waals surface area contributed by atoms with Crippen LogP contribution >= 0.6 is 0 Å². The molecule has 2 heterocycles. The first-order valence-electron chi connectivity index (χ1n) is 9.04. The second-order valence-corrected chi connectivity index (χ2v) is 6.28. The summed E-state index contributed by atoms with van der Waals surface area (Å²) in [6.07, 6.45) is 0.00699. The number of aromatic nitrogens is 3. The summed E-state index contributed by atoms with van der Waals surface area (Å²) in [6.45, 7) is 3.86. The standard InChI is InChI=1S/C18H22F3N5O/c1-2-27-17-24-15(22-14-9-7-8-13(12-14)18(19,20)21)23-16(25-17)26-10-5-3-4-6-11-26/h7-9,12H,2-6,10-11H2,1H3,(H,22,23,24,25). The Morgan fingerprint density at radius 2 is 1.81 bits per heavy atom. The molecular weight excluding hydrogens is 359 g/mol. The number of ether oxygens (including phenoxy) is 1. The molecule has 1 aliphatic heterocycles. The van der Waals surface area contributed by atoms with E-state index in [1.165, 1.54) is 12.1 Å². The highest BCUT2D eigenvalue weighted by atomic mass is 19.4. The van der Waals surface area contributed by atoms with Gasteiger partial charge in [0, 0.05) is 18.8 Å². The van der Waals surface area contributed by atoms with E-state index in [1.807, 2.05) is 6.92 Å². The Kier molecular flexibility index (Phi) is 5.98. The molecule has 6 nitrogen and oxygen atoms in total. The number of alkyl halides is 3. The van der Waals surface area contributed by atoms with Gasteiger partial charge in [0.25, 0.3) is 0 Å². The SMILES string of the molecule is CCOc1nc(Nc2cccc(C(F)(F)F)c2)nc(N2CCCCCC2)n1. The molecule has 0 aliphatic carbocycles. The summed E-state index contributed by atoms with van der Waals surface area (Å²) < 4.78 is 44.2. The predicted molar refractivity (Wildman–Crippen MR) is 96.4 cm³/mol. The van der Waals surface area contributed by atoms with Crippen molar-refractivity contribution in [3.05, 3.63) is 29.8 Å². The number of hydrogen-bond donors (Lipinski definition) is 1. The van der Waals surface area contributed by atoms with E-state index in [4.69, 9.17) is 4.74 Å². The van der Waals surface area contributed by atoms with Crippen molar-refractivity contribution in [1.82, 2.24) is 15.0 Å². The molecule has 0 radical (unpaired) electrons. The van der Waals surface area contributed by atoms with Crippen molar-refractivity contribution in [3.8, 4) is 6.01 Å². The molecule has 1 N–H and O–H groups in total. The largest absolute Gasteiger partial charge is 0.464 e. The Balaban J connectivity index is 1.88. The number of halogens is 3.